The van der Waals surface area contributed by atoms with Gasteiger partial charge in [0, 0.05) is 25.4 Å². The van der Waals surface area contributed by atoms with Crippen LogP contribution in [0.1, 0.15) is 69.1 Å². The number of amides is 4. The molecule has 0 radical (unpaired) electrons. The molecule has 0 bridgehead atoms. The molecule has 256 valence electrons. The summed E-state index contributed by atoms with van der Waals surface area (Å²) in [6, 6.07) is 0.503. The zero-order valence-electron chi connectivity index (χ0n) is 26.9. The lowest BCUT2D eigenvalue weighted by molar-refractivity contribution is -0.143. The molecule has 1 aliphatic heterocycles. The van der Waals surface area contributed by atoms with Crippen molar-refractivity contribution in [3.05, 3.63) is 59.7 Å². The summed E-state index contributed by atoms with van der Waals surface area (Å²) in [5.74, 6) is -3.21. The molecule has 12 nitrogen and oxygen atoms in total. The number of nitrogens with one attached hydrogen (secondary N) is 3. The second-order valence-corrected chi connectivity index (χ2v) is 12.0. The number of nitrogens with zero attached hydrogens (tertiary/aromatic N) is 3. The normalized spacial score (nSPS) is 18.4. The van der Waals surface area contributed by atoms with E-state index in [-0.39, 0.29) is 31.2 Å². The van der Waals surface area contributed by atoms with E-state index in [0.29, 0.717) is 18.3 Å². The highest BCUT2D eigenvalue weighted by Crippen LogP contribution is 2.30. The van der Waals surface area contributed by atoms with Crippen LogP contribution in [0.5, 0.6) is 0 Å². The first-order valence-corrected chi connectivity index (χ1v) is 15.4. The SMILES string of the molecule is CC[C@@H](C=O)NC(=O)[C@@H]1C[C@@H](OCc2ccc(C(F)(F)F)cc2)CN1C(=O)[C@@H](NC(=O)[C@@H](NC(=O)c1cnccn1)C(C)C)C(C)C. The maximum Gasteiger partial charge on any atom is 0.416 e. The van der Waals surface area contributed by atoms with Crippen molar-refractivity contribution >= 4 is 29.9 Å². The summed E-state index contributed by atoms with van der Waals surface area (Å²) in [6.45, 7) is 8.48. The van der Waals surface area contributed by atoms with Gasteiger partial charge in [0.1, 0.15) is 30.1 Å². The number of carbonyl (C=O) groups excluding carboxylic acids is 5. The van der Waals surface area contributed by atoms with Gasteiger partial charge in [-0.05, 0) is 36.0 Å². The lowest BCUT2D eigenvalue weighted by atomic mass is 9.98. The van der Waals surface area contributed by atoms with Gasteiger partial charge in [-0.25, -0.2) is 4.98 Å². The van der Waals surface area contributed by atoms with Crippen LogP contribution >= 0.6 is 0 Å². The number of benzene rings is 1. The number of rotatable bonds is 14. The number of hydrogen-bond donors (Lipinski definition) is 3. The largest absolute Gasteiger partial charge is 0.416 e. The number of aldehydes is 1. The highest BCUT2D eigenvalue weighted by Gasteiger charge is 2.44. The molecular weight excluding hydrogens is 621 g/mol. The fraction of sp³-hybridized carbons (Fsp3) is 0.531. The van der Waals surface area contributed by atoms with Gasteiger partial charge in [0.05, 0.1) is 30.5 Å². The van der Waals surface area contributed by atoms with Gasteiger partial charge in [0.25, 0.3) is 5.91 Å². The number of hydrogen-bond acceptors (Lipinski definition) is 8. The van der Waals surface area contributed by atoms with Crippen LogP contribution in [0.15, 0.2) is 42.9 Å². The topological polar surface area (TPSA) is 160 Å². The Hall–Kier alpha value is -4.40. The molecule has 3 N–H and O–H groups in total. The molecule has 0 saturated carbocycles. The van der Waals surface area contributed by atoms with E-state index in [2.05, 4.69) is 25.9 Å². The minimum absolute atomic E-state index is 0.0106. The van der Waals surface area contributed by atoms with Gasteiger partial charge in [0.15, 0.2) is 0 Å². The number of likely N-dealkylation sites (tertiary alicyclic amines) is 1. The van der Waals surface area contributed by atoms with Crippen LogP contribution in [0.3, 0.4) is 0 Å². The predicted octanol–water partition coefficient (Wildman–Crippen LogP) is 2.67. The third-order valence-corrected chi connectivity index (χ3v) is 7.81. The number of carbonyl (C=O) groups is 5. The van der Waals surface area contributed by atoms with Crippen molar-refractivity contribution in [2.45, 2.75) is 90.5 Å². The van der Waals surface area contributed by atoms with E-state index < -0.39 is 71.6 Å². The third kappa shape index (κ3) is 10.0. The molecule has 0 spiro atoms. The molecule has 0 unspecified atom stereocenters. The third-order valence-electron chi connectivity index (χ3n) is 7.81. The molecule has 0 aliphatic carbocycles. The molecule has 1 fully saturated rings. The van der Waals surface area contributed by atoms with Crippen LogP contribution in [-0.4, -0.2) is 81.6 Å². The Morgan fingerprint density at radius 2 is 1.66 bits per heavy atom. The van der Waals surface area contributed by atoms with Gasteiger partial charge in [-0.3, -0.25) is 24.2 Å². The highest BCUT2D eigenvalue weighted by molar-refractivity contribution is 5.98. The molecule has 5 atom stereocenters. The van der Waals surface area contributed by atoms with E-state index in [1.165, 1.54) is 35.6 Å². The van der Waals surface area contributed by atoms with E-state index in [1.807, 2.05) is 0 Å². The molecular formula is C32H41F3N6O6. The van der Waals surface area contributed by atoms with Gasteiger partial charge in [-0.2, -0.15) is 13.2 Å². The van der Waals surface area contributed by atoms with E-state index in [4.69, 9.17) is 4.74 Å². The van der Waals surface area contributed by atoms with Crippen molar-refractivity contribution in [1.29, 1.82) is 0 Å². The Morgan fingerprint density at radius 1 is 1.00 bits per heavy atom. The van der Waals surface area contributed by atoms with E-state index in [9.17, 15) is 37.1 Å². The van der Waals surface area contributed by atoms with E-state index in [1.54, 1.807) is 34.6 Å². The average Bonchev–Trinajstić information content (AvgIpc) is 3.48. The minimum Gasteiger partial charge on any atom is -0.372 e. The van der Waals surface area contributed by atoms with Crippen molar-refractivity contribution in [3.63, 3.8) is 0 Å². The van der Waals surface area contributed by atoms with Crippen LogP contribution in [0, 0.1) is 11.8 Å². The molecule has 2 heterocycles. The summed E-state index contributed by atoms with van der Waals surface area (Å²) in [4.78, 5) is 74.2. The molecule has 47 heavy (non-hydrogen) atoms. The van der Waals surface area contributed by atoms with Gasteiger partial charge >= 0.3 is 6.18 Å². The summed E-state index contributed by atoms with van der Waals surface area (Å²) in [5.41, 5.74) is -0.325. The number of alkyl halides is 3. The van der Waals surface area contributed by atoms with Crippen LogP contribution in [0.25, 0.3) is 0 Å². The zero-order valence-corrected chi connectivity index (χ0v) is 26.9. The number of aromatic nitrogens is 2. The number of ether oxygens (including phenoxy) is 1. The Morgan fingerprint density at radius 3 is 2.19 bits per heavy atom. The Kier molecular flexibility index (Phi) is 13.0. The quantitative estimate of drug-likeness (QED) is 0.261. The fourth-order valence-corrected chi connectivity index (χ4v) is 5.03. The first-order valence-electron chi connectivity index (χ1n) is 15.4. The molecule has 3 rings (SSSR count). The Balaban J connectivity index is 1.79. The lowest BCUT2D eigenvalue weighted by Gasteiger charge is -2.32. The van der Waals surface area contributed by atoms with Gasteiger partial charge in [-0.15, -0.1) is 0 Å². The molecule has 1 aliphatic rings. The maximum atomic E-state index is 14.0. The Bertz CT molecular complexity index is 1390. The van der Waals surface area contributed by atoms with E-state index >= 15 is 0 Å². The minimum atomic E-state index is -4.48. The molecule has 4 amide bonds. The van der Waals surface area contributed by atoms with Gasteiger partial charge in [0.2, 0.25) is 17.7 Å². The van der Waals surface area contributed by atoms with Crippen LogP contribution < -0.4 is 16.0 Å². The summed E-state index contributed by atoms with van der Waals surface area (Å²) in [7, 11) is 0. The molecule has 1 aromatic carbocycles. The maximum absolute atomic E-state index is 14.0. The molecule has 2 aromatic rings. The van der Waals surface area contributed by atoms with Crippen molar-refractivity contribution in [3.8, 4) is 0 Å². The van der Waals surface area contributed by atoms with Crippen molar-refractivity contribution in [1.82, 2.24) is 30.8 Å². The van der Waals surface area contributed by atoms with Crippen LogP contribution in [0.2, 0.25) is 0 Å². The average molecular weight is 663 g/mol. The first kappa shape index (κ1) is 37.1. The fourth-order valence-electron chi connectivity index (χ4n) is 5.03. The smallest absolute Gasteiger partial charge is 0.372 e. The molecule has 1 aromatic heterocycles. The van der Waals surface area contributed by atoms with Gasteiger partial charge < -0.3 is 30.4 Å². The van der Waals surface area contributed by atoms with Crippen LogP contribution in [-0.2, 0) is 36.7 Å². The summed E-state index contributed by atoms with van der Waals surface area (Å²) in [6.07, 6.45) is -0.187. The summed E-state index contributed by atoms with van der Waals surface area (Å²) < 4.78 is 44.8. The molecule has 1 saturated heterocycles. The second-order valence-electron chi connectivity index (χ2n) is 12.0. The molecule has 15 heteroatoms. The lowest BCUT2D eigenvalue weighted by Crippen LogP contribution is -2.59. The zero-order chi connectivity index (χ0) is 34.9. The standard InChI is InChI=1S/C32H41F3N6O6/c1-6-22(16-42)38-29(44)25-13-23(47-17-20-7-9-21(10-8-20)32(33,34)35)15-41(25)31(46)27(19(4)5)40-30(45)26(18(2)3)39-28(43)24-14-36-11-12-37-24/h7-12,14,16,18-19,22-23,25-27H,6,13,15,17H2,1-5H3,(H,38,44)(H,39,43)(H,40,45)/t22-,23+,25-,26-,27-/m0/s1. The highest BCUT2D eigenvalue weighted by atomic mass is 19.4. The van der Waals surface area contributed by atoms with Crippen molar-refractivity contribution in [2.24, 2.45) is 11.8 Å². The van der Waals surface area contributed by atoms with Crippen molar-refractivity contribution < 1.29 is 41.9 Å². The van der Waals surface area contributed by atoms with Crippen LogP contribution in [0.4, 0.5) is 13.2 Å². The second kappa shape index (κ2) is 16.4. The number of halogens is 3. The van der Waals surface area contributed by atoms with E-state index in [0.717, 1.165) is 12.1 Å². The monoisotopic (exact) mass is 662 g/mol. The Labute approximate surface area is 271 Å². The van der Waals surface area contributed by atoms with Gasteiger partial charge in [-0.1, -0.05) is 46.8 Å². The van der Waals surface area contributed by atoms with Crippen molar-refractivity contribution in [2.75, 3.05) is 6.54 Å². The summed E-state index contributed by atoms with van der Waals surface area (Å²) >= 11 is 0. The summed E-state index contributed by atoms with van der Waals surface area (Å²) in [5, 5.41) is 8.01. The first-order chi connectivity index (χ1) is 22.2. The predicted molar refractivity (Wildman–Crippen MR) is 163 cm³/mol.